The number of ketones is 1. The Hall–Kier alpha value is -3.02. The number of tetrazole rings is 1. The zero-order valence-corrected chi connectivity index (χ0v) is 14.6. The molecule has 0 bridgehead atoms. The number of rotatable bonds is 6. The number of ether oxygens (including phenoxy) is 1. The third-order valence-corrected chi connectivity index (χ3v) is 3.92. The van der Waals surface area contributed by atoms with Gasteiger partial charge in [-0.1, -0.05) is 24.3 Å². The van der Waals surface area contributed by atoms with E-state index in [2.05, 4.69) is 15.4 Å². The number of nitrogens with zero attached hydrogens (tertiary/aromatic N) is 4. The van der Waals surface area contributed by atoms with Crippen molar-refractivity contribution in [3.05, 3.63) is 59.2 Å². The van der Waals surface area contributed by atoms with E-state index in [1.807, 2.05) is 50.2 Å². The summed E-state index contributed by atoms with van der Waals surface area (Å²) in [5.74, 6) is 1.32. The lowest BCUT2D eigenvalue weighted by molar-refractivity contribution is 0.101. The molecule has 0 radical (unpaired) electrons. The molecule has 0 unspecified atom stereocenters. The lowest BCUT2D eigenvalue weighted by atomic mass is 10.1. The predicted molar refractivity (Wildman–Crippen MR) is 94.7 cm³/mol. The van der Waals surface area contributed by atoms with Crippen LogP contribution >= 0.6 is 0 Å². The monoisotopic (exact) mass is 336 g/mol. The lowest BCUT2D eigenvalue weighted by Gasteiger charge is -2.10. The van der Waals surface area contributed by atoms with E-state index in [1.165, 1.54) is 4.80 Å². The molecule has 0 saturated carbocycles. The molecule has 0 aliphatic heterocycles. The summed E-state index contributed by atoms with van der Waals surface area (Å²) in [7, 11) is 0. The van der Waals surface area contributed by atoms with Crippen LogP contribution in [0.5, 0.6) is 5.75 Å². The predicted octanol–water partition coefficient (Wildman–Crippen LogP) is 3.30. The van der Waals surface area contributed by atoms with Crippen LogP contribution < -0.4 is 4.74 Å². The van der Waals surface area contributed by atoms with Crippen molar-refractivity contribution in [2.75, 3.05) is 6.61 Å². The van der Waals surface area contributed by atoms with Gasteiger partial charge in [-0.05, 0) is 49.7 Å². The number of benzene rings is 2. The number of Topliss-reactive ketones (excluding diaryl/α,β-unsaturated/α-hetero) is 1. The molecular formula is C19H20N4O2. The van der Waals surface area contributed by atoms with E-state index in [9.17, 15) is 4.79 Å². The van der Waals surface area contributed by atoms with Crippen molar-refractivity contribution in [1.82, 2.24) is 20.2 Å². The molecule has 0 aliphatic rings. The second kappa shape index (κ2) is 7.25. The summed E-state index contributed by atoms with van der Waals surface area (Å²) in [5.41, 5.74) is 3.54. The molecule has 3 rings (SSSR count). The van der Waals surface area contributed by atoms with E-state index in [-0.39, 0.29) is 5.78 Å². The number of hydrogen-bond acceptors (Lipinski definition) is 5. The fourth-order valence-electron chi connectivity index (χ4n) is 2.61. The summed E-state index contributed by atoms with van der Waals surface area (Å²) in [6, 6.07) is 13.3. The summed E-state index contributed by atoms with van der Waals surface area (Å²) in [6.45, 7) is 6.41. The summed E-state index contributed by atoms with van der Waals surface area (Å²) in [4.78, 5) is 13.2. The summed E-state index contributed by atoms with van der Waals surface area (Å²) >= 11 is 0. The van der Waals surface area contributed by atoms with Crippen LogP contribution in [0, 0.1) is 6.92 Å². The van der Waals surface area contributed by atoms with Gasteiger partial charge in [-0.3, -0.25) is 4.79 Å². The van der Waals surface area contributed by atoms with Gasteiger partial charge in [0.05, 0.1) is 13.2 Å². The van der Waals surface area contributed by atoms with Crippen molar-refractivity contribution >= 4 is 5.78 Å². The topological polar surface area (TPSA) is 69.9 Å². The van der Waals surface area contributed by atoms with E-state index in [0.717, 1.165) is 22.4 Å². The lowest BCUT2D eigenvalue weighted by Crippen LogP contribution is -2.08. The highest BCUT2D eigenvalue weighted by Crippen LogP contribution is 2.22. The molecule has 6 heteroatoms. The van der Waals surface area contributed by atoms with Gasteiger partial charge >= 0.3 is 0 Å². The molecule has 128 valence electrons. The largest absolute Gasteiger partial charge is 0.494 e. The maximum Gasteiger partial charge on any atom is 0.205 e. The Morgan fingerprint density at radius 1 is 1.20 bits per heavy atom. The van der Waals surface area contributed by atoms with Crippen LogP contribution in [-0.4, -0.2) is 32.6 Å². The van der Waals surface area contributed by atoms with Crippen LogP contribution in [0.2, 0.25) is 0 Å². The first-order valence-corrected chi connectivity index (χ1v) is 8.19. The van der Waals surface area contributed by atoms with Gasteiger partial charge in [0.1, 0.15) is 5.75 Å². The van der Waals surface area contributed by atoms with E-state index < -0.39 is 0 Å². The normalized spacial score (nSPS) is 10.7. The number of carbonyl (C=O) groups excluding carboxylic acids is 1. The molecular weight excluding hydrogens is 316 g/mol. The first-order valence-electron chi connectivity index (χ1n) is 8.19. The fraction of sp³-hybridized carbons (Fsp3) is 0.263. The highest BCUT2D eigenvalue weighted by Gasteiger charge is 2.12. The molecule has 25 heavy (non-hydrogen) atoms. The molecule has 2 aromatic carbocycles. The van der Waals surface area contributed by atoms with Crippen molar-refractivity contribution in [2.45, 2.75) is 27.3 Å². The average molecular weight is 336 g/mol. The molecule has 0 spiro atoms. The van der Waals surface area contributed by atoms with E-state index in [4.69, 9.17) is 4.74 Å². The Kier molecular flexibility index (Phi) is 4.88. The number of aromatic nitrogens is 4. The van der Waals surface area contributed by atoms with Crippen molar-refractivity contribution in [1.29, 1.82) is 0 Å². The maximum atomic E-state index is 11.7. The quantitative estimate of drug-likeness (QED) is 0.646. The van der Waals surface area contributed by atoms with E-state index in [1.54, 1.807) is 13.0 Å². The Morgan fingerprint density at radius 3 is 2.72 bits per heavy atom. The minimum Gasteiger partial charge on any atom is -0.494 e. The summed E-state index contributed by atoms with van der Waals surface area (Å²) in [6.07, 6.45) is 0. The van der Waals surface area contributed by atoms with Gasteiger partial charge < -0.3 is 4.74 Å². The number of hydrogen-bond donors (Lipinski definition) is 0. The van der Waals surface area contributed by atoms with Gasteiger partial charge in [0.25, 0.3) is 0 Å². The smallest absolute Gasteiger partial charge is 0.205 e. The third-order valence-electron chi connectivity index (χ3n) is 3.92. The number of aryl methyl sites for hydroxylation is 1. The summed E-state index contributed by atoms with van der Waals surface area (Å²) in [5, 5.41) is 12.8. The van der Waals surface area contributed by atoms with Gasteiger partial charge in [-0.25, -0.2) is 0 Å². The SMILES string of the molecule is CCOc1ccc(C(C)=O)cc1Cn1nnc(-c2ccccc2C)n1. The van der Waals surface area contributed by atoms with E-state index in [0.29, 0.717) is 24.5 Å². The minimum atomic E-state index is 0.0106. The standard InChI is InChI=1S/C19H20N4O2/c1-4-25-18-10-9-15(14(3)24)11-16(18)12-23-21-19(20-22-23)17-8-6-5-7-13(17)2/h5-11H,4,12H2,1-3H3. The second-order valence-corrected chi connectivity index (χ2v) is 5.77. The highest BCUT2D eigenvalue weighted by molar-refractivity contribution is 5.94. The maximum absolute atomic E-state index is 11.7. The molecule has 1 aromatic heterocycles. The van der Waals surface area contributed by atoms with Crippen molar-refractivity contribution in [3.8, 4) is 17.1 Å². The highest BCUT2D eigenvalue weighted by atomic mass is 16.5. The van der Waals surface area contributed by atoms with Crippen LogP contribution in [-0.2, 0) is 6.54 Å². The van der Waals surface area contributed by atoms with Crippen LogP contribution in [0.3, 0.4) is 0 Å². The van der Waals surface area contributed by atoms with Crippen LogP contribution in [0.15, 0.2) is 42.5 Å². The Balaban J connectivity index is 1.91. The molecule has 0 amide bonds. The molecule has 0 atom stereocenters. The first kappa shape index (κ1) is 16.8. The molecule has 0 N–H and O–H groups in total. The van der Waals surface area contributed by atoms with Gasteiger partial charge in [-0.2, -0.15) is 4.80 Å². The van der Waals surface area contributed by atoms with Crippen molar-refractivity contribution < 1.29 is 9.53 Å². The average Bonchev–Trinajstić information content (AvgIpc) is 3.05. The van der Waals surface area contributed by atoms with Crippen LogP contribution in [0.1, 0.15) is 35.3 Å². The molecule has 6 nitrogen and oxygen atoms in total. The molecule has 1 heterocycles. The zero-order valence-electron chi connectivity index (χ0n) is 14.6. The van der Waals surface area contributed by atoms with Gasteiger partial charge in [-0.15, -0.1) is 10.2 Å². The van der Waals surface area contributed by atoms with Crippen molar-refractivity contribution in [3.63, 3.8) is 0 Å². The fourth-order valence-corrected chi connectivity index (χ4v) is 2.61. The third kappa shape index (κ3) is 3.74. The van der Waals surface area contributed by atoms with Crippen molar-refractivity contribution in [2.24, 2.45) is 0 Å². The minimum absolute atomic E-state index is 0.0106. The second-order valence-electron chi connectivity index (χ2n) is 5.77. The van der Waals surface area contributed by atoms with Gasteiger partial charge in [0, 0.05) is 16.7 Å². The molecule has 0 aliphatic carbocycles. The van der Waals surface area contributed by atoms with E-state index >= 15 is 0 Å². The Labute approximate surface area is 146 Å². The van der Waals surface area contributed by atoms with Crippen LogP contribution in [0.25, 0.3) is 11.4 Å². The van der Waals surface area contributed by atoms with Gasteiger partial charge in [0.15, 0.2) is 5.78 Å². The zero-order chi connectivity index (χ0) is 17.8. The Bertz CT molecular complexity index is 902. The number of carbonyl (C=O) groups is 1. The Morgan fingerprint density at radius 2 is 2.00 bits per heavy atom. The summed E-state index contributed by atoms with van der Waals surface area (Å²) < 4.78 is 5.65. The molecule has 3 aromatic rings. The van der Waals surface area contributed by atoms with Gasteiger partial charge in [0.2, 0.25) is 5.82 Å². The molecule has 0 fully saturated rings. The first-order chi connectivity index (χ1) is 12.1. The van der Waals surface area contributed by atoms with Crippen LogP contribution in [0.4, 0.5) is 0 Å². The molecule has 0 saturated heterocycles.